The van der Waals surface area contributed by atoms with Crippen molar-refractivity contribution in [3.63, 3.8) is 0 Å². The van der Waals surface area contributed by atoms with Crippen LogP contribution in [0, 0.1) is 17.3 Å². The lowest BCUT2D eigenvalue weighted by Crippen LogP contribution is -2.26. The second-order valence-electron chi connectivity index (χ2n) is 5.81. The van der Waals surface area contributed by atoms with Crippen molar-refractivity contribution in [3.8, 4) is 0 Å². The van der Waals surface area contributed by atoms with E-state index in [2.05, 4.69) is 0 Å². The molecule has 1 rings (SSSR count). The molecule has 0 heterocycles. The predicted octanol–water partition coefficient (Wildman–Crippen LogP) is 3.92. The number of carbonyl (C=O) groups excluding carboxylic acids is 1. The molecule has 2 nitrogen and oxygen atoms in total. The zero-order chi connectivity index (χ0) is 12.7. The van der Waals surface area contributed by atoms with Crippen molar-refractivity contribution in [1.29, 1.82) is 0 Å². The number of rotatable bonds is 2. The highest BCUT2D eigenvalue weighted by atomic mass is 35.5. The molecule has 4 heteroatoms. The molecule has 0 N–H and O–H groups in total. The van der Waals surface area contributed by atoms with Crippen LogP contribution in [0.15, 0.2) is 10.6 Å². The Morgan fingerprint density at radius 1 is 1.31 bits per heavy atom. The van der Waals surface area contributed by atoms with Crippen LogP contribution in [-0.4, -0.2) is 11.6 Å². The average molecular weight is 265 g/mol. The fourth-order valence-electron chi connectivity index (χ4n) is 1.94. The zero-order valence-electron chi connectivity index (χ0n) is 10.3. The lowest BCUT2D eigenvalue weighted by molar-refractivity contribution is -0.157. The monoisotopic (exact) mass is 264 g/mol. The van der Waals surface area contributed by atoms with Crippen LogP contribution in [0.1, 0.15) is 34.6 Å². The van der Waals surface area contributed by atoms with E-state index in [9.17, 15) is 4.79 Å². The highest BCUT2D eigenvalue weighted by Gasteiger charge is 2.62. The summed E-state index contributed by atoms with van der Waals surface area (Å²) < 4.78 is 5.57. The lowest BCUT2D eigenvalue weighted by atomic mass is 10.1. The molecule has 1 aliphatic carbocycles. The van der Waals surface area contributed by atoms with Crippen molar-refractivity contribution in [2.75, 3.05) is 0 Å². The van der Waals surface area contributed by atoms with Crippen LogP contribution in [0.5, 0.6) is 0 Å². The summed E-state index contributed by atoms with van der Waals surface area (Å²) in [6, 6.07) is 0. The first-order valence-corrected chi connectivity index (χ1v) is 6.07. The molecule has 0 aliphatic heterocycles. The quantitative estimate of drug-likeness (QED) is 0.707. The van der Waals surface area contributed by atoms with Gasteiger partial charge in [-0.05, 0) is 38.2 Å². The molecule has 0 radical (unpaired) electrons. The molecule has 0 bridgehead atoms. The minimum Gasteiger partial charge on any atom is -0.460 e. The molecule has 0 aromatic heterocycles. The Morgan fingerprint density at radius 2 is 1.81 bits per heavy atom. The third-order valence-corrected chi connectivity index (χ3v) is 3.13. The Balaban J connectivity index is 2.70. The summed E-state index contributed by atoms with van der Waals surface area (Å²) in [6.07, 6.45) is 1.72. The van der Waals surface area contributed by atoms with Gasteiger partial charge in [0.2, 0.25) is 0 Å². The van der Waals surface area contributed by atoms with E-state index in [4.69, 9.17) is 27.9 Å². The number of allylic oxidation sites excluding steroid dienone is 1. The van der Waals surface area contributed by atoms with Gasteiger partial charge >= 0.3 is 5.97 Å². The summed E-state index contributed by atoms with van der Waals surface area (Å²) >= 11 is 11.2. The van der Waals surface area contributed by atoms with Crippen molar-refractivity contribution < 1.29 is 9.53 Å². The van der Waals surface area contributed by atoms with E-state index < -0.39 is 5.60 Å². The Morgan fingerprint density at radius 3 is 2.19 bits per heavy atom. The van der Waals surface area contributed by atoms with E-state index >= 15 is 0 Å². The topological polar surface area (TPSA) is 26.3 Å². The SMILES string of the molecule is CC(C)(C)OC(=O)C1C(C=C(Cl)Cl)C1(C)C. The van der Waals surface area contributed by atoms with Crippen LogP contribution in [0.25, 0.3) is 0 Å². The second-order valence-corrected chi connectivity index (χ2v) is 6.82. The lowest BCUT2D eigenvalue weighted by Gasteiger charge is -2.19. The van der Waals surface area contributed by atoms with E-state index in [-0.39, 0.29) is 27.7 Å². The highest BCUT2D eigenvalue weighted by Crippen LogP contribution is 2.60. The van der Waals surface area contributed by atoms with E-state index in [1.54, 1.807) is 6.08 Å². The maximum atomic E-state index is 11.9. The molecule has 1 fully saturated rings. The molecule has 1 aliphatic rings. The van der Waals surface area contributed by atoms with Crippen LogP contribution in [0.4, 0.5) is 0 Å². The first-order valence-electron chi connectivity index (χ1n) is 5.31. The van der Waals surface area contributed by atoms with Crippen LogP contribution in [-0.2, 0) is 9.53 Å². The van der Waals surface area contributed by atoms with Gasteiger partial charge in [-0.15, -0.1) is 0 Å². The number of hydrogen-bond donors (Lipinski definition) is 0. The second kappa shape index (κ2) is 4.23. The number of ether oxygens (including phenoxy) is 1. The molecule has 92 valence electrons. The van der Waals surface area contributed by atoms with Gasteiger partial charge in [-0.3, -0.25) is 4.79 Å². The third-order valence-electron chi connectivity index (χ3n) is 2.88. The standard InChI is InChI=1S/C12H18Cl2O2/c1-11(2,3)16-10(15)9-7(6-8(13)14)12(9,4)5/h6-7,9H,1-5H3. The maximum Gasteiger partial charge on any atom is 0.310 e. The van der Waals surface area contributed by atoms with E-state index in [1.165, 1.54) is 0 Å². The summed E-state index contributed by atoms with van der Waals surface area (Å²) in [5.41, 5.74) is -0.563. The molecular weight excluding hydrogens is 247 g/mol. The number of halogens is 2. The Bertz CT molecular complexity index is 322. The smallest absolute Gasteiger partial charge is 0.310 e. The molecular formula is C12H18Cl2O2. The number of hydrogen-bond acceptors (Lipinski definition) is 2. The highest BCUT2D eigenvalue weighted by molar-refractivity contribution is 6.55. The summed E-state index contributed by atoms with van der Waals surface area (Å²) in [7, 11) is 0. The van der Waals surface area contributed by atoms with Gasteiger partial charge in [0.05, 0.1) is 5.92 Å². The Hall–Kier alpha value is -0.210. The number of carbonyl (C=O) groups is 1. The summed E-state index contributed by atoms with van der Waals surface area (Å²) in [5, 5.41) is 0. The van der Waals surface area contributed by atoms with Crippen molar-refractivity contribution in [2.24, 2.45) is 17.3 Å². The average Bonchev–Trinajstić information content (AvgIpc) is 2.47. The first kappa shape index (κ1) is 13.9. The molecule has 0 aromatic rings. The Labute approximate surface area is 107 Å². The molecule has 2 atom stereocenters. The van der Waals surface area contributed by atoms with Crippen LogP contribution in [0.3, 0.4) is 0 Å². The van der Waals surface area contributed by atoms with Gasteiger partial charge in [0.25, 0.3) is 0 Å². The van der Waals surface area contributed by atoms with E-state index in [0.717, 1.165) is 0 Å². The zero-order valence-corrected chi connectivity index (χ0v) is 11.8. The molecule has 1 saturated carbocycles. The van der Waals surface area contributed by atoms with Crippen LogP contribution >= 0.6 is 23.2 Å². The van der Waals surface area contributed by atoms with Gasteiger partial charge in [0.1, 0.15) is 10.1 Å². The third kappa shape index (κ3) is 3.14. The van der Waals surface area contributed by atoms with Gasteiger partial charge < -0.3 is 4.74 Å². The maximum absolute atomic E-state index is 11.9. The normalized spacial score (nSPS) is 27.2. The van der Waals surface area contributed by atoms with Gasteiger partial charge in [-0.2, -0.15) is 0 Å². The molecule has 16 heavy (non-hydrogen) atoms. The van der Waals surface area contributed by atoms with E-state index in [0.29, 0.717) is 0 Å². The molecule has 0 spiro atoms. The molecule has 0 aromatic carbocycles. The predicted molar refractivity (Wildman–Crippen MR) is 66.4 cm³/mol. The van der Waals surface area contributed by atoms with Gasteiger partial charge in [-0.1, -0.05) is 37.0 Å². The number of esters is 1. The molecule has 0 amide bonds. The summed E-state index contributed by atoms with van der Waals surface area (Å²) in [5.74, 6) is -0.236. The van der Waals surface area contributed by atoms with Crippen molar-refractivity contribution in [2.45, 2.75) is 40.2 Å². The molecule has 0 saturated heterocycles. The molecule has 2 unspecified atom stereocenters. The fraction of sp³-hybridized carbons (Fsp3) is 0.750. The summed E-state index contributed by atoms with van der Waals surface area (Å²) in [6.45, 7) is 9.61. The minimum absolute atomic E-state index is 0.0762. The summed E-state index contributed by atoms with van der Waals surface area (Å²) in [4.78, 5) is 11.9. The van der Waals surface area contributed by atoms with Crippen LogP contribution < -0.4 is 0 Å². The fourth-order valence-corrected chi connectivity index (χ4v) is 2.21. The largest absolute Gasteiger partial charge is 0.460 e. The van der Waals surface area contributed by atoms with Gasteiger partial charge in [0, 0.05) is 0 Å². The van der Waals surface area contributed by atoms with Gasteiger partial charge in [-0.25, -0.2) is 0 Å². The van der Waals surface area contributed by atoms with Crippen LogP contribution in [0.2, 0.25) is 0 Å². The van der Waals surface area contributed by atoms with E-state index in [1.807, 2.05) is 34.6 Å². The van der Waals surface area contributed by atoms with Gasteiger partial charge in [0.15, 0.2) is 0 Å². The Kier molecular flexibility index (Phi) is 3.66. The minimum atomic E-state index is -0.450. The van der Waals surface area contributed by atoms with Crippen molar-refractivity contribution in [1.82, 2.24) is 0 Å². The van der Waals surface area contributed by atoms with Crippen molar-refractivity contribution >= 4 is 29.2 Å². The van der Waals surface area contributed by atoms with Crippen molar-refractivity contribution in [3.05, 3.63) is 10.6 Å². The first-order chi connectivity index (χ1) is 7.05.